The molecule has 0 aliphatic heterocycles. The average molecular weight is 271 g/mol. The molecule has 0 amide bonds. The van der Waals surface area contributed by atoms with Crippen LogP contribution >= 0.6 is 11.1 Å². The summed E-state index contributed by atoms with van der Waals surface area (Å²) in [5.74, 6) is 0. The molecule has 0 aromatic carbocycles. The van der Waals surface area contributed by atoms with E-state index in [1.807, 2.05) is 0 Å². The van der Waals surface area contributed by atoms with E-state index in [-0.39, 0.29) is 4.80 Å². The fraction of sp³-hybridized carbons (Fsp3) is 1.00. The van der Waals surface area contributed by atoms with Gasteiger partial charge in [-0.25, -0.2) is 0 Å². The van der Waals surface area contributed by atoms with Crippen LogP contribution in [0.15, 0.2) is 0 Å². The van der Waals surface area contributed by atoms with Gasteiger partial charge in [-0.3, -0.25) is 0 Å². The Morgan fingerprint density at radius 1 is 2.00 bits per heavy atom. The molecule has 0 radical (unpaired) electrons. The fourth-order valence-electron chi connectivity index (χ4n) is 0. The van der Waals surface area contributed by atoms with Gasteiger partial charge in [0.15, 0.2) is 0 Å². The third-order valence-corrected chi connectivity index (χ3v) is 5.54. The summed E-state index contributed by atoms with van der Waals surface area (Å²) in [6, 6.07) is 1.23. The molecule has 3 heteroatoms. The van der Waals surface area contributed by atoms with Gasteiger partial charge in [0.25, 0.3) is 0 Å². The van der Waals surface area contributed by atoms with Crippen molar-refractivity contribution in [1.29, 1.82) is 0 Å². The zero-order valence-corrected chi connectivity index (χ0v) is 8.43. The maximum absolute atomic E-state index is 5.63. The summed E-state index contributed by atoms with van der Waals surface area (Å²) in [6.45, 7) is 2.15. The van der Waals surface area contributed by atoms with Crippen LogP contribution < -0.4 is 0 Å². The Bertz CT molecular complexity index is 44.9. The first-order valence-corrected chi connectivity index (χ1v) is 9.61. The molecular weight excluding hydrogens is 266 g/mol. The Kier molecular flexibility index (Phi) is 4.54. The second kappa shape index (κ2) is 3.56. The number of rotatable bonds is 1. The van der Waals surface area contributed by atoms with Gasteiger partial charge in [0.05, 0.1) is 0 Å². The van der Waals surface area contributed by atoms with Gasteiger partial charge in [-0.05, 0) is 0 Å². The van der Waals surface area contributed by atoms with E-state index in [2.05, 4.69) is 6.92 Å². The quantitative estimate of drug-likeness (QED) is 0.498. The molecule has 0 saturated carbocycles. The van der Waals surface area contributed by atoms with Gasteiger partial charge in [0, 0.05) is 0 Å². The van der Waals surface area contributed by atoms with E-state index in [0.717, 1.165) is 0 Å². The molecule has 0 atom stereocenters. The number of hydrogen-bond donors (Lipinski definition) is 0. The van der Waals surface area contributed by atoms with Crippen molar-refractivity contribution in [3.63, 3.8) is 0 Å². The van der Waals surface area contributed by atoms with E-state index in [0.29, 0.717) is 0 Å². The summed E-state index contributed by atoms with van der Waals surface area (Å²) >= 11 is 6.86. The van der Waals surface area contributed by atoms with E-state index < -0.39 is 0 Å². The molecule has 0 fully saturated rings. The van der Waals surface area contributed by atoms with Gasteiger partial charge >= 0.3 is 51.9 Å². The van der Waals surface area contributed by atoms with Gasteiger partial charge in [0.1, 0.15) is 0 Å². The molecule has 0 N–H and O–H groups in total. The summed E-state index contributed by atoms with van der Waals surface area (Å²) in [7, 11) is 0. The van der Waals surface area contributed by atoms with E-state index in [1.54, 1.807) is 0 Å². The van der Waals surface area contributed by atoms with Crippen molar-refractivity contribution >= 4 is 15.9 Å². The zero-order chi connectivity index (χ0) is 4.28. The average Bonchev–Trinajstić information content (AvgIpc) is 1.38. The fourth-order valence-corrected chi connectivity index (χ4v) is 0. The monoisotopic (exact) mass is 272 g/mol. The molecule has 0 aliphatic rings. The van der Waals surface area contributed by atoms with Gasteiger partial charge < -0.3 is 0 Å². The topological polar surface area (TPSA) is 0 Å². The third-order valence-electron chi connectivity index (χ3n) is 0.310. The van der Waals surface area contributed by atoms with Gasteiger partial charge in [-0.15, -0.1) is 0 Å². The predicted molar refractivity (Wildman–Crippen MR) is 22.1 cm³/mol. The zero-order valence-electron chi connectivity index (χ0n) is 3.09. The second-order valence-electron chi connectivity index (χ2n) is 0.758. The molecule has 0 unspecified atom stereocenters. The van der Waals surface area contributed by atoms with Crippen LogP contribution in [0.5, 0.6) is 0 Å². The molecule has 0 aliphatic carbocycles. The van der Waals surface area contributed by atoms with Crippen LogP contribution in [0.3, 0.4) is 0 Å². The summed E-state index contributed by atoms with van der Waals surface area (Å²) < 4.78 is 0. The van der Waals surface area contributed by atoms with Crippen molar-refractivity contribution in [1.82, 2.24) is 0 Å². The normalized spacial score (nSPS) is 8.00. The van der Waals surface area contributed by atoms with Crippen LogP contribution in [0.4, 0.5) is 0 Å². The Morgan fingerprint density at radius 3 is 2.20 bits per heavy atom. The molecule has 0 spiro atoms. The van der Waals surface area contributed by atoms with Crippen LogP contribution in [0.2, 0.25) is 6.04 Å². The van der Waals surface area contributed by atoms with Crippen LogP contribution in [-0.4, -0.2) is 4.80 Å². The molecule has 0 aromatic rings. The minimum absolute atomic E-state index is 0.263. The van der Waals surface area contributed by atoms with E-state index in [4.69, 9.17) is 11.1 Å². The van der Waals surface area contributed by atoms with Crippen molar-refractivity contribution < 1.29 is 23.0 Å². The van der Waals surface area contributed by atoms with Crippen molar-refractivity contribution in [3.8, 4) is 0 Å². The van der Waals surface area contributed by atoms with Gasteiger partial charge in [-0.2, -0.15) is 0 Å². The molecule has 0 bridgehead atoms. The Balaban J connectivity index is 2.85. The van der Waals surface area contributed by atoms with Crippen LogP contribution in [0.25, 0.3) is 0 Å². The van der Waals surface area contributed by atoms with Crippen LogP contribution in [-0.2, 0) is 23.0 Å². The molecule has 26 valence electrons. The van der Waals surface area contributed by atoms with E-state index in [1.165, 1.54) is 29.0 Å². The predicted octanol–water partition coefficient (Wildman–Crippen LogP) is 1.28. The van der Waals surface area contributed by atoms with Crippen molar-refractivity contribution in [2.45, 2.75) is 13.0 Å². The standard InChI is InChI=1S/C2H5ClSi.Hf/c1-2-4-3;/h2H2,1H3;/q;+2. The molecule has 5 heavy (non-hydrogen) atoms. The second-order valence-corrected chi connectivity index (χ2v) is 13.6. The first-order chi connectivity index (χ1) is 2.27. The number of halogens is 1. The van der Waals surface area contributed by atoms with Crippen molar-refractivity contribution in [3.05, 3.63) is 0 Å². The summed E-state index contributed by atoms with van der Waals surface area (Å²) in [4.78, 5) is -0.263. The first-order valence-electron chi connectivity index (χ1n) is 1.50. The van der Waals surface area contributed by atoms with E-state index in [9.17, 15) is 0 Å². The number of hydrogen-bond acceptors (Lipinski definition) is 0. The molecular formula is C2H5ClHfSi+2. The summed E-state index contributed by atoms with van der Waals surface area (Å²) in [6.07, 6.45) is 0. The molecule has 0 saturated heterocycles. The Morgan fingerprint density at radius 2 is 2.20 bits per heavy atom. The van der Waals surface area contributed by atoms with Crippen molar-refractivity contribution in [2.75, 3.05) is 0 Å². The summed E-state index contributed by atoms with van der Waals surface area (Å²) in [5, 5.41) is 0. The van der Waals surface area contributed by atoms with Gasteiger partial charge in [-0.1, -0.05) is 0 Å². The van der Waals surface area contributed by atoms with E-state index >= 15 is 0 Å². The van der Waals surface area contributed by atoms with Crippen molar-refractivity contribution in [2.24, 2.45) is 0 Å². The minimum atomic E-state index is -0.263. The third kappa shape index (κ3) is 5.38. The molecule has 0 nitrogen and oxygen atoms in total. The van der Waals surface area contributed by atoms with Crippen LogP contribution in [0, 0.1) is 0 Å². The molecule has 0 rings (SSSR count). The Hall–Kier alpha value is 1.38. The van der Waals surface area contributed by atoms with Crippen LogP contribution in [0.1, 0.15) is 6.92 Å². The summed E-state index contributed by atoms with van der Waals surface area (Å²) in [5.41, 5.74) is 0. The van der Waals surface area contributed by atoms with Gasteiger partial charge in [0.2, 0.25) is 0 Å². The Labute approximate surface area is 51.7 Å². The molecule has 0 heterocycles. The SMILES string of the molecule is CC[Si](Cl)=[Hf+2]. The first kappa shape index (κ1) is 6.38. The maximum atomic E-state index is 5.63. The molecule has 0 aromatic heterocycles.